The van der Waals surface area contributed by atoms with Crippen LogP contribution >= 0.6 is 0 Å². The van der Waals surface area contributed by atoms with Crippen LogP contribution in [-0.4, -0.2) is 22.4 Å². The maximum atomic E-state index is 13.5. The summed E-state index contributed by atoms with van der Waals surface area (Å²) in [5.74, 6) is -0.0242. The van der Waals surface area contributed by atoms with E-state index >= 15 is 0 Å². The molecule has 2 N–H and O–H groups in total. The summed E-state index contributed by atoms with van der Waals surface area (Å²) in [5.41, 5.74) is 0.809. The minimum Gasteiger partial charge on any atom is -0.365 e. The van der Waals surface area contributed by atoms with Crippen LogP contribution in [0.15, 0.2) is 36.7 Å². The van der Waals surface area contributed by atoms with Crippen molar-refractivity contribution < 1.29 is 9.18 Å². The Hall–Kier alpha value is -2.50. The van der Waals surface area contributed by atoms with Gasteiger partial charge in [0.05, 0.1) is 12.4 Å². The van der Waals surface area contributed by atoms with Crippen molar-refractivity contribution in [3.63, 3.8) is 0 Å². The summed E-state index contributed by atoms with van der Waals surface area (Å²) in [4.78, 5) is 19.8. The molecule has 0 aliphatic carbocycles. The molecule has 0 atom stereocenters. The first-order valence-corrected chi connectivity index (χ1v) is 6.78. The van der Waals surface area contributed by atoms with E-state index in [1.54, 1.807) is 18.2 Å². The van der Waals surface area contributed by atoms with E-state index in [0.717, 1.165) is 6.42 Å². The van der Waals surface area contributed by atoms with Crippen molar-refractivity contribution in [2.75, 3.05) is 11.9 Å². The second-order valence-electron chi connectivity index (χ2n) is 4.49. The minimum absolute atomic E-state index is 0.245. The molecule has 1 aromatic heterocycles. The summed E-state index contributed by atoms with van der Waals surface area (Å²) in [7, 11) is 0. The highest BCUT2D eigenvalue weighted by Gasteiger charge is 2.07. The summed E-state index contributed by atoms with van der Waals surface area (Å²) >= 11 is 0. The lowest BCUT2D eigenvalue weighted by molar-refractivity contribution is 0.0948. The van der Waals surface area contributed by atoms with Crippen molar-refractivity contribution in [2.45, 2.75) is 19.9 Å². The molecule has 0 radical (unpaired) electrons. The maximum absolute atomic E-state index is 13.5. The van der Waals surface area contributed by atoms with Crippen LogP contribution in [0.1, 0.15) is 29.4 Å². The fraction of sp³-hybridized carbons (Fsp3) is 0.267. The van der Waals surface area contributed by atoms with E-state index < -0.39 is 0 Å². The van der Waals surface area contributed by atoms with E-state index in [-0.39, 0.29) is 17.4 Å². The normalized spacial score (nSPS) is 10.2. The smallest absolute Gasteiger partial charge is 0.271 e. The van der Waals surface area contributed by atoms with Gasteiger partial charge in [0.2, 0.25) is 0 Å². The van der Waals surface area contributed by atoms with Crippen LogP contribution in [0.5, 0.6) is 0 Å². The lowest BCUT2D eigenvalue weighted by Crippen LogP contribution is -2.25. The summed E-state index contributed by atoms with van der Waals surface area (Å²) in [5, 5.41) is 5.69. The Morgan fingerprint density at radius 3 is 2.71 bits per heavy atom. The van der Waals surface area contributed by atoms with E-state index in [4.69, 9.17) is 0 Å². The Morgan fingerprint density at radius 2 is 2.05 bits per heavy atom. The fourth-order valence-electron chi connectivity index (χ4n) is 1.69. The van der Waals surface area contributed by atoms with E-state index in [1.165, 1.54) is 18.5 Å². The molecule has 0 aliphatic rings. The monoisotopic (exact) mass is 288 g/mol. The first kappa shape index (κ1) is 14.9. The predicted molar refractivity (Wildman–Crippen MR) is 78.4 cm³/mol. The van der Waals surface area contributed by atoms with Crippen molar-refractivity contribution in [1.29, 1.82) is 0 Å². The zero-order chi connectivity index (χ0) is 15.1. The van der Waals surface area contributed by atoms with E-state index in [9.17, 15) is 9.18 Å². The molecular formula is C15H17FN4O. The number of carbonyl (C=O) groups excluding carboxylic acids is 1. The molecule has 0 fully saturated rings. The number of amides is 1. The molecule has 1 aromatic carbocycles. The molecule has 0 saturated carbocycles. The molecule has 0 spiro atoms. The topological polar surface area (TPSA) is 66.9 Å². The highest BCUT2D eigenvalue weighted by atomic mass is 19.1. The van der Waals surface area contributed by atoms with Crippen LogP contribution < -0.4 is 10.6 Å². The predicted octanol–water partition coefficient (Wildman–Crippen LogP) is 2.37. The van der Waals surface area contributed by atoms with Crippen molar-refractivity contribution in [2.24, 2.45) is 0 Å². The van der Waals surface area contributed by atoms with Gasteiger partial charge in [0.25, 0.3) is 5.91 Å². The highest BCUT2D eigenvalue weighted by molar-refractivity contribution is 5.91. The molecule has 0 bridgehead atoms. The van der Waals surface area contributed by atoms with Gasteiger partial charge >= 0.3 is 0 Å². The Labute approximate surface area is 122 Å². The van der Waals surface area contributed by atoms with Crippen LogP contribution in [0.3, 0.4) is 0 Å². The van der Waals surface area contributed by atoms with Gasteiger partial charge in [-0.05, 0) is 12.5 Å². The molecule has 2 aromatic rings. The van der Waals surface area contributed by atoms with Crippen LogP contribution in [0, 0.1) is 5.82 Å². The quantitative estimate of drug-likeness (QED) is 0.856. The van der Waals surface area contributed by atoms with Gasteiger partial charge in [-0.3, -0.25) is 4.79 Å². The van der Waals surface area contributed by atoms with Crippen LogP contribution in [0.2, 0.25) is 0 Å². The second-order valence-corrected chi connectivity index (χ2v) is 4.49. The molecule has 0 aliphatic heterocycles. The number of nitrogens with one attached hydrogen (secondary N) is 2. The standard InChI is InChI=1S/C15H17FN4O/c1-2-7-17-15(21)13-9-20-14(10-18-13)19-8-11-5-3-4-6-12(11)16/h3-6,9-10H,2,7-8H2,1H3,(H,17,21)(H,19,20). The molecule has 1 heterocycles. The largest absolute Gasteiger partial charge is 0.365 e. The van der Waals surface area contributed by atoms with E-state index in [1.807, 2.05) is 6.92 Å². The lowest BCUT2D eigenvalue weighted by atomic mass is 10.2. The molecule has 5 nitrogen and oxygen atoms in total. The molecule has 21 heavy (non-hydrogen) atoms. The summed E-state index contributed by atoms with van der Waals surface area (Å²) in [6.45, 7) is 2.89. The van der Waals surface area contributed by atoms with E-state index in [0.29, 0.717) is 24.5 Å². The average molecular weight is 288 g/mol. The third kappa shape index (κ3) is 4.24. The molecule has 1 amide bonds. The minimum atomic E-state index is -0.270. The number of anilines is 1. The summed E-state index contributed by atoms with van der Waals surface area (Å²) < 4.78 is 13.5. The zero-order valence-electron chi connectivity index (χ0n) is 11.8. The van der Waals surface area contributed by atoms with Gasteiger partial charge in [-0.25, -0.2) is 14.4 Å². The van der Waals surface area contributed by atoms with Gasteiger partial charge in [-0.1, -0.05) is 25.1 Å². The van der Waals surface area contributed by atoms with Crippen LogP contribution in [0.25, 0.3) is 0 Å². The average Bonchev–Trinajstić information content (AvgIpc) is 2.52. The van der Waals surface area contributed by atoms with Crippen LogP contribution in [0.4, 0.5) is 10.2 Å². The Morgan fingerprint density at radius 1 is 1.24 bits per heavy atom. The van der Waals surface area contributed by atoms with Gasteiger partial charge < -0.3 is 10.6 Å². The van der Waals surface area contributed by atoms with Gasteiger partial charge in [0.15, 0.2) is 0 Å². The SMILES string of the molecule is CCCNC(=O)c1cnc(NCc2ccccc2F)cn1. The molecule has 0 unspecified atom stereocenters. The number of rotatable bonds is 6. The Balaban J connectivity index is 1.93. The second kappa shape index (κ2) is 7.33. The number of nitrogens with zero attached hydrogens (tertiary/aromatic N) is 2. The van der Waals surface area contributed by atoms with E-state index in [2.05, 4.69) is 20.6 Å². The lowest BCUT2D eigenvalue weighted by Gasteiger charge is -2.07. The third-order valence-electron chi connectivity index (χ3n) is 2.84. The number of aromatic nitrogens is 2. The summed E-state index contributed by atoms with van der Waals surface area (Å²) in [6, 6.07) is 6.52. The van der Waals surface area contributed by atoms with Gasteiger partial charge in [0.1, 0.15) is 17.3 Å². The Bertz CT molecular complexity index is 601. The molecular weight excluding hydrogens is 271 g/mol. The summed E-state index contributed by atoms with van der Waals surface area (Å²) in [6.07, 6.45) is 3.72. The van der Waals surface area contributed by atoms with Crippen molar-refractivity contribution in [3.8, 4) is 0 Å². The number of hydrogen-bond donors (Lipinski definition) is 2. The maximum Gasteiger partial charge on any atom is 0.271 e. The number of halogens is 1. The fourth-order valence-corrected chi connectivity index (χ4v) is 1.69. The first-order chi connectivity index (χ1) is 10.2. The molecule has 2 rings (SSSR count). The van der Waals surface area contributed by atoms with Crippen molar-refractivity contribution in [1.82, 2.24) is 15.3 Å². The molecule has 6 heteroatoms. The first-order valence-electron chi connectivity index (χ1n) is 6.78. The van der Waals surface area contributed by atoms with Gasteiger partial charge in [0, 0.05) is 18.7 Å². The van der Waals surface area contributed by atoms with Crippen molar-refractivity contribution in [3.05, 3.63) is 53.7 Å². The van der Waals surface area contributed by atoms with Crippen LogP contribution in [-0.2, 0) is 6.54 Å². The third-order valence-corrected chi connectivity index (χ3v) is 2.84. The van der Waals surface area contributed by atoms with Crippen molar-refractivity contribution >= 4 is 11.7 Å². The Kier molecular flexibility index (Phi) is 5.20. The number of benzene rings is 1. The molecule has 0 saturated heterocycles. The highest BCUT2D eigenvalue weighted by Crippen LogP contribution is 2.09. The number of carbonyl (C=O) groups is 1. The van der Waals surface area contributed by atoms with Gasteiger partial charge in [-0.2, -0.15) is 0 Å². The van der Waals surface area contributed by atoms with Gasteiger partial charge in [-0.15, -0.1) is 0 Å². The zero-order valence-corrected chi connectivity index (χ0v) is 11.8. The number of hydrogen-bond acceptors (Lipinski definition) is 4. The molecule has 110 valence electrons.